The van der Waals surface area contributed by atoms with Crippen molar-refractivity contribution in [2.75, 3.05) is 38.0 Å². The lowest BCUT2D eigenvalue weighted by Crippen LogP contribution is -2.62. The van der Waals surface area contributed by atoms with Gasteiger partial charge in [0.05, 0.1) is 0 Å². The second-order valence-corrected chi connectivity index (χ2v) is 12.0. The maximum atomic E-state index is 14.9. The van der Waals surface area contributed by atoms with E-state index in [2.05, 4.69) is 0 Å². The Kier molecular flexibility index (Phi) is 6.41. The predicted octanol–water partition coefficient (Wildman–Crippen LogP) is 6.46. The minimum absolute atomic E-state index is 0.0723. The van der Waals surface area contributed by atoms with E-state index >= 15 is 0 Å². The summed E-state index contributed by atoms with van der Waals surface area (Å²) >= 11 is 12.6. The van der Waals surface area contributed by atoms with Gasteiger partial charge in [-0.3, -0.25) is 19.2 Å². The zero-order valence-corrected chi connectivity index (χ0v) is 24.9. The summed E-state index contributed by atoms with van der Waals surface area (Å²) in [6.07, 6.45) is 0. The van der Waals surface area contributed by atoms with E-state index in [1.165, 1.54) is 36.4 Å². The van der Waals surface area contributed by atoms with E-state index in [0.717, 1.165) is 11.4 Å². The molecule has 2 aliphatic carbocycles. The van der Waals surface area contributed by atoms with Crippen LogP contribution in [-0.4, -0.2) is 51.3 Å². The second kappa shape index (κ2) is 9.65. The predicted molar refractivity (Wildman–Crippen MR) is 165 cm³/mol. The molecule has 4 aromatic rings. The number of benzene rings is 4. The Bertz CT molecular complexity index is 1690. The summed E-state index contributed by atoms with van der Waals surface area (Å²) in [6, 6.07) is 22.6. The van der Waals surface area contributed by atoms with Gasteiger partial charge < -0.3 is 9.80 Å². The van der Waals surface area contributed by atoms with Gasteiger partial charge in [0.2, 0.25) is 0 Å². The molecule has 0 fully saturated rings. The minimum Gasteiger partial charge on any atom is -0.378 e. The Balaban J connectivity index is 1.77. The molecule has 4 aromatic carbocycles. The van der Waals surface area contributed by atoms with Crippen LogP contribution >= 0.6 is 23.2 Å². The molecule has 6 rings (SSSR count). The molecule has 0 unspecified atom stereocenters. The average molecular weight is 597 g/mol. The van der Waals surface area contributed by atoms with Crippen LogP contribution in [0, 0.1) is 0 Å². The number of anilines is 2. The zero-order chi connectivity index (χ0) is 30.1. The maximum Gasteiger partial charge on any atom is 0.183 e. The summed E-state index contributed by atoms with van der Waals surface area (Å²) in [5.41, 5.74) is -2.01. The van der Waals surface area contributed by atoms with Crippen molar-refractivity contribution in [3.05, 3.63) is 128 Å². The monoisotopic (exact) mass is 596 g/mol. The van der Waals surface area contributed by atoms with E-state index < -0.39 is 34.0 Å². The highest BCUT2D eigenvalue weighted by atomic mass is 35.5. The van der Waals surface area contributed by atoms with Crippen LogP contribution < -0.4 is 9.80 Å². The van der Waals surface area contributed by atoms with Crippen molar-refractivity contribution in [3.8, 4) is 0 Å². The van der Waals surface area contributed by atoms with Crippen molar-refractivity contribution in [1.29, 1.82) is 0 Å². The summed E-state index contributed by atoms with van der Waals surface area (Å²) in [7, 11) is 7.47. The zero-order valence-electron chi connectivity index (χ0n) is 23.4. The van der Waals surface area contributed by atoms with Gasteiger partial charge in [-0.05, 0) is 71.8 Å². The van der Waals surface area contributed by atoms with E-state index in [1.54, 1.807) is 48.5 Å². The van der Waals surface area contributed by atoms with Gasteiger partial charge in [-0.1, -0.05) is 47.5 Å². The lowest BCUT2D eigenvalue weighted by molar-refractivity contribution is 0.0557. The first-order valence-electron chi connectivity index (χ1n) is 13.3. The molecule has 0 heterocycles. The maximum absolute atomic E-state index is 14.9. The number of ketones is 4. The van der Waals surface area contributed by atoms with Crippen LogP contribution in [0.1, 0.15) is 52.6 Å². The normalized spacial score (nSPS) is 21.0. The van der Waals surface area contributed by atoms with Gasteiger partial charge in [0.25, 0.3) is 0 Å². The number of halogens is 2. The third-order valence-corrected chi connectivity index (χ3v) is 8.97. The van der Waals surface area contributed by atoms with Crippen LogP contribution in [-0.2, 0) is 10.8 Å². The summed E-state index contributed by atoms with van der Waals surface area (Å²) < 4.78 is 0. The fourth-order valence-electron chi connectivity index (χ4n) is 6.48. The number of carbonyl (C=O) groups is 4. The Labute approximate surface area is 253 Å². The van der Waals surface area contributed by atoms with E-state index in [0.29, 0.717) is 0 Å². The quantitative estimate of drug-likeness (QED) is 0.246. The second-order valence-electron chi connectivity index (χ2n) is 11.1. The van der Waals surface area contributed by atoms with Gasteiger partial charge in [0, 0.05) is 71.9 Å². The van der Waals surface area contributed by atoms with Crippen LogP contribution in [0.25, 0.3) is 0 Å². The van der Waals surface area contributed by atoms with Gasteiger partial charge in [-0.25, -0.2) is 0 Å². The smallest absolute Gasteiger partial charge is 0.183 e. The lowest BCUT2D eigenvalue weighted by Gasteiger charge is -2.42. The van der Waals surface area contributed by atoms with E-state index in [9.17, 15) is 19.2 Å². The van der Waals surface area contributed by atoms with Gasteiger partial charge in [0.15, 0.2) is 23.1 Å². The highest BCUT2D eigenvalue weighted by molar-refractivity contribution is 6.46. The molecular formula is C34H26Cl2N2O4. The highest BCUT2D eigenvalue weighted by Gasteiger charge is 2.75. The molecule has 0 amide bonds. The SMILES string of the molecule is CN(C)c1ccc([C@]2([C@]3(c4ccc(N(C)C)cc4)C(=O)c4ccc(Cl)cc4C3=O)C(=O)c3ccc(Cl)cc3C2=O)cc1. The molecule has 6 nitrogen and oxygen atoms in total. The Morgan fingerprint density at radius 2 is 0.762 bits per heavy atom. The van der Waals surface area contributed by atoms with Gasteiger partial charge in [0.1, 0.15) is 10.8 Å². The molecule has 0 bridgehead atoms. The van der Waals surface area contributed by atoms with E-state index in [-0.39, 0.29) is 43.4 Å². The van der Waals surface area contributed by atoms with Crippen LogP contribution in [0.15, 0.2) is 84.9 Å². The number of carbonyl (C=O) groups excluding carboxylic acids is 4. The minimum atomic E-state index is -2.25. The Hall–Kier alpha value is -4.26. The van der Waals surface area contributed by atoms with Crippen molar-refractivity contribution in [2.24, 2.45) is 0 Å². The van der Waals surface area contributed by atoms with Gasteiger partial charge in [-0.15, -0.1) is 0 Å². The van der Waals surface area contributed by atoms with Crippen molar-refractivity contribution in [3.63, 3.8) is 0 Å². The first-order chi connectivity index (χ1) is 20.0. The fourth-order valence-corrected chi connectivity index (χ4v) is 6.82. The topological polar surface area (TPSA) is 74.8 Å². The third kappa shape index (κ3) is 3.52. The number of nitrogens with zero attached hydrogens (tertiary/aromatic N) is 2. The highest BCUT2D eigenvalue weighted by Crippen LogP contribution is 2.58. The summed E-state index contributed by atoms with van der Waals surface area (Å²) in [6.45, 7) is 0. The van der Waals surface area contributed by atoms with Crippen molar-refractivity contribution >= 4 is 57.7 Å². The molecule has 0 aliphatic heterocycles. The molecule has 2 atom stereocenters. The van der Waals surface area contributed by atoms with Gasteiger partial charge >= 0.3 is 0 Å². The molecule has 0 N–H and O–H groups in total. The molecule has 0 radical (unpaired) electrons. The molecule has 8 heteroatoms. The van der Waals surface area contributed by atoms with Crippen molar-refractivity contribution in [1.82, 2.24) is 0 Å². The summed E-state index contributed by atoms with van der Waals surface area (Å²) in [5, 5.41) is 0.523. The van der Waals surface area contributed by atoms with E-state index in [4.69, 9.17) is 23.2 Å². The molecule has 210 valence electrons. The standard InChI is InChI=1S/C34H26Cl2N2O4/c1-37(2)23-11-5-19(6-12-23)33(29(39)25-15-9-21(35)17-27(25)31(33)41)34(20-7-13-24(14-8-20)38(3)4)30(40)26-16-10-22(36)18-28(26)32(34)42/h5-18H,1-4H3/t33-,34+. The Morgan fingerprint density at radius 3 is 1.07 bits per heavy atom. The number of Topliss-reactive ketones (excluding diaryl/α,β-unsaturated/α-hetero) is 4. The number of hydrogen-bond donors (Lipinski definition) is 0. The average Bonchev–Trinajstić information content (AvgIpc) is 3.32. The summed E-state index contributed by atoms with van der Waals surface area (Å²) in [5.74, 6) is -2.57. The van der Waals surface area contributed by atoms with Crippen molar-refractivity contribution in [2.45, 2.75) is 10.8 Å². The number of fused-ring (bicyclic) bond motifs is 2. The summed E-state index contributed by atoms with van der Waals surface area (Å²) in [4.78, 5) is 63.4. The first-order valence-corrected chi connectivity index (χ1v) is 14.1. The van der Waals surface area contributed by atoms with Crippen molar-refractivity contribution < 1.29 is 19.2 Å². The molecule has 42 heavy (non-hydrogen) atoms. The Morgan fingerprint density at radius 1 is 0.452 bits per heavy atom. The molecule has 0 spiro atoms. The van der Waals surface area contributed by atoms with Crippen LogP contribution in [0.4, 0.5) is 11.4 Å². The molecule has 0 saturated carbocycles. The lowest BCUT2D eigenvalue weighted by atomic mass is 9.52. The largest absolute Gasteiger partial charge is 0.378 e. The number of rotatable bonds is 5. The number of hydrogen-bond acceptors (Lipinski definition) is 6. The van der Waals surface area contributed by atoms with Crippen LogP contribution in [0.3, 0.4) is 0 Å². The van der Waals surface area contributed by atoms with Crippen LogP contribution in [0.2, 0.25) is 10.0 Å². The molecule has 0 aromatic heterocycles. The van der Waals surface area contributed by atoms with Gasteiger partial charge in [-0.2, -0.15) is 0 Å². The first kappa shape index (κ1) is 27.9. The third-order valence-electron chi connectivity index (χ3n) is 8.50. The molecule has 2 aliphatic rings. The molecular weight excluding hydrogens is 571 g/mol. The van der Waals surface area contributed by atoms with E-state index in [1.807, 2.05) is 38.0 Å². The molecule has 0 saturated heterocycles. The fraction of sp³-hybridized carbons (Fsp3) is 0.176. The van der Waals surface area contributed by atoms with Crippen LogP contribution in [0.5, 0.6) is 0 Å².